The van der Waals surface area contributed by atoms with E-state index in [4.69, 9.17) is 0 Å². The van der Waals surface area contributed by atoms with E-state index < -0.39 is 0 Å². The van der Waals surface area contributed by atoms with Crippen LogP contribution in [0.4, 0.5) is 0 Å². The zero-order chi connectivity index (χ0) is 12.3. The Labute approximate surface area is 110 Å². The molecule has 0 aromatic carbocycles. The third kappa shape index (κ3) is 3.62. The average molecular weight is 257 g/mol. The molecule has 3 heteroatoms. The zero-order valence-electron chi connectivity index (χ0n) is 11.3. The lowest BCUT2D eigenvalue weighted by atomic mass is 9.78. The maximum Gasteiger partial charge on any atom is 0.0580 e. The lowest BCUT2D eigenvalue weighted by molar-refractivity contribution is 0.0221. The first-order valence-electron chi connectivity index (χ1n) is 7.20. The van der Waals surface area contributed by atoms with Crippen LogP contribution in [-0.2, 0) is 0 Å². The van der Waals surface area contributed by atoms with E-state index in [0.717, 1.165) is 18.9 Å². The molecule has 17 heavy (non-hydrogen) atoms. The molecule has 100 valence electrons. The molecule has 1 N–H and O–H groups in total. The number of nitrogens with zero attached hydrogens (tertiary/aromatic N) is 1. The second-order valence-electron chi connectivity index (χ2n) is 5.83. The zero-order valence-corrected chi connectivity index (χ0v) is 12.1. The largest absolute Gasteiger partial charge is 0.393 e. The van der Waals surface area contributed by atoms with Crippen molar-refractivity contribution in [2.75, 3.05) is 24.6 Å². The van der Waals surface area contributed by atoms with Crippen molar-refractivity contribution in [3.63, 3.8) is 0 Å². The first-order valence-corrected chi connectivity index (χ1v) is 8.36. The fraction of sp³-hybridized carbons (Fsp3) is 1.00. The summed E-state index contributed by atoms with van der Waals surface area (Å²) < 4.78 is 0. The van der Waals surface area contributed by atoms with Crippen molar-refractivity contribution in [3.8, 4) is 0 Å². The van der Waals surface area contributed by atoms with E-state index in [1.807, 2.05) is 0 Å². The fourth-order valence-corrected chi connectivity index (χ4v) is 4.33. The first-order chi connectivity index (χ1) is 8.20. The lowest BCUT2D eigenvalue weighted by Gasteiger charge is -2.40. The van der Waals surface area contributed by atoms with Gasteiger partial charge in [0.2, 0.25) is 0 Å². The molecule has 1 saturated carbocycles. The van der Waals surface area contributed by atoms with Gasteiger partial charge in [-0.15, -0.1) is 0 Å². The van der Waals surface area contributed by atoms with Crippen molar-refractivity contribution >= 4 is 11.8 Å². The molecule has 2 aliphatic rings. The number of hydrogen-bond donors (Lipinski definition) is 1. The smallest absolute Gasteiger partial charge is 0.0580 e. The first kappa shape index (κ1) is 13.7. The van der Waals surface area contributed by atoms with Gasteiger partial charge in [0.1, 0.15) is 0 Å². The van der Waals surface area contributed by atoms with Gasteiger partial charge in [0.05, 0.1) is 6.10 Å². The molecule has 0 spiro atoms. The van der Waals surface area contributed by atoms with Crippen molar-refractivity contribution < 1.29 is 5.11 Å². The van der Waals surface area contributed by atoms with Gasteiger partial charge in [0, 0.05) is 30.6 Å². The molecule has 0 bridgehead atoms. The van der Waals surface area contributed by atoms with E-state index in [1.54, 1.807) is 0 Å². The quantitative estimate of drug-likeness (QED) is 0.841. The molecule has 4 atom stereocenters. The van der Waals surface area contributed by atoms with E-state index in [-0.39, 0.29) is 6.10 Å². The number of thioether (sulfide) groups is 1. The van der Waals surface area contributed by atoms with Crippen molar-refractivity contribution in [1.29, 1.82) is 0 Å². The maximum absolute atomic E-state index is 10.2. The molecule has 4 unspecified atom stereocenters. The summed E-state index contributed by atoms with van der Waals surface area (Å²) in [5, 5.41) is 10.2. The lowest BCUT2D eigenvalue weighted by Crippen LogP contribution is -2.46. The van der Waals surface area contributed by atoms with Crippen LogP contribution in [0.1, 0.15) is 39.5 Å². The molecular weight excluding hydrogens is 230 g/mol. The van der Waals surface area contributed by atoms with Crippen molar-refractivity contribution in [1.82, 2.24) is 4.90 Å². The van der Waals surface area contributed by atoms with Gasteiger partial charge in [-0.3, -0.25) is 4.90 Å². The molecule has 1 saturated heterocycles. The standard InChI is InChI=1S/C14H27NOS/c1-3-12-4-5-14(16)13(8-12)9-15-6-7-17-10-11(15)2/h11-14,16H,3-10H2,1-2H3. The molecule has 1 heterocycles. The summed E-state index contributed by atoms with van der Waals surface area (Å²) in [7, 11) is 0. The van der Waals surface area contributed by atoms with Crippen LogP contribution in [0.25, 0.3) is 0 Å². The summed E-state index contributed by atoms with van der Waals surface area (Å²) in [5.74, 6) is 3.92. The Morgan fingerprint density at radius 1 is 1.35 bits per heavy atom. The molecule has 0 radical (unpaired) electrons. The molecule has 0 aromatic heterocycles. The Kier molecular flexibility index (Phi) is 5.19. The van der Waals surface area contributed by atoms with Crippen LogP contribution in [-0.4, -0.2) is 46.7 Å². The summed E-state index contributed by atoms with van der Waals surface area (Å²) in [4.78, 5) is 2.60. The van der Waals surface area contributed by atoms with Crippen molar-refractivity contribution in [2.24, 2.45) is 11.8 Å². The molecule has 1 aliphatic carbocycles. The molecule has 0 aromatic rings. The van der Waals surface area contributed by atoms with Crippen LogP contribution in [0.2, 0.25) is 0 Å². The third-order valence-electron chi connectivity index (χ3n) is 4.60. The second-order valence-corrected chi connectivity index (χ2v) is 6.98. The molecular formula is C14H27NOS. The minimum Gasteiger partial charge on any atom is -0.393 e. The molecule has 1 aliphatic heterocycles. The molecule has 0 amide bonds. The molecule has 2 rings (SSSR count). The Balaban J connectivity index is 1.87. The second kappa shape index (κ2) is 6.44. The molecule has 2 nitrogen and oxygen atoms in total. The maximum atomic E-state index is 10.2. The van der Waals surface area contributed by atoms with Gasteiger partial charge in [-0.2, -0.15) is 11.8 Å². The predicted molar refractivity (Wildman–Crippen MR) is 75.5 cm³/mol. The highest BCUT2D eigenvalue weighted by atomic mass is 32.2. The summed E-state index contributed by atoms with van der Waals surface area (Å²) in [6, 6.07) is 0.697. The van der Waals surface area contributed by atoms with Gasteiger partial charge in [0.25, 0.3) is 0 Å². The normalized spacial score (nSPS) is 40.4. The van der Waals surface area contributed by atoms with Crippen LogP contribution < -0.4 is 0 Å². The topological polar surface area (TPSA) is 23.5 Å². The number of aliphatic hydroxyl groups is 1. The van der Waals surface area contributed by atoms with Crippen LogP contribution in [0.15, 0.2) is 0 Å². The highest BCUT2D eigenvalue weighted by Gasteiger charge is 2.31. The van der Waals surface area contributed by atoms with Gasteiger partial charge in [-0.1, -0.05) is 13.3 Å². The van der Waals surface area contributed by atoms with Crippen LogP contribution in [0, 0.1) is 11.8 Å². The molecule has 2 fully saturated rings. The van der Waals surface area contributed by atoms with Gasteiger partial charge < -0.3 is 5.11 Å². The van der Waals surface area contributed by atoms with E-state index in [1.165, 1.54) is 37.3 Å². The highest BCUT2D eigenvalue weighted by molar-refractivity contribution is 7.99. The number of hydrogen-bond acceptors (Lipinski definition) is 3. The van der Waals surface area contributed by atoms with Gasteiger partial charge >= 0.3 is 0 Å². The van der Waals surface area contributed by atoms with E-state index in [2.05, 4.69) is 30.5 Å². The Morgan fingerprint density at radius 3 is 2.88 bits per heavy atom. The fourth-order valence-electron chi connectivity index (χ4n) is 3.25. The van der Waals surface area contributed by atoms with Crippen molar-refractivity contribution in [2.45, 2.75) is 51.7 Å². The Hall–Kier alpha value is 0.270. The summed E-state index contributed by atoms with van der Waals surface area (Å²) in [6.45, 7) is 6.96. The van der Waals surface area contributed by atoms with Crippen LogP contribution >= 0.6 is 11.8 Å². The highest BCUT2D eigenvalue weighted by Crippen LogP contribution is 2.32. The van der Waals surface area contributed by atoms with Gasteiger partial charge in [0.15, 0.2) is 0 Å². The minimum atomic E-state index is -0.0421. The average Bonchev–Trinajstić information content (AvgIpc) is 2.35. The number of rotatable bonds is 3. The minimum absolute atomic E-state index is 0.0421. The van der Waals surface area contributed by atoms with Crippen LogP contribution in [0.3, 0.4) is 0 Å². The summed E-state index contributed by atoms with van der Waals surface area (Å²) >= 11 is 2.07. The number of aliphatic hydroxyl groups excluding tert-OH is 1. The monoisotopic (exact) mass is 257 g/mol. The van der Waals surface area contributed by atoms with E-state index >= 15 is 0 Å². The Morgan fingerprint density at radius 2 is 2.18 bits per heavy atom. The van der Waals surface area contributed by atoms with Gasteiger partial charge in [-0.25, -0.2) is 0 Å². The third-order valence-corrected chi connectivity index (χ3v) is 5.79. The van der Waals surface area contributed by atoms with E-state index in [0.29, 0.717) is 12.0 Å². The van der Waals surface area contributed by atoms with Gasteiger partial charge in [-0.05, 0) is 38.0 Å². The summed E-state index contributed by atoms with van der Waals surface area (Å²) in [5.41, 5.74) is 0. The SMILES string of the molecule is CCC1CCC(O)C(CN2CCSCC2C)C1. The summed E-state index contributed by atoms with van der Waals surface area (Å²) in [6.07, 6.45) is 4.75. The predicted octanol–water partition coefficient (Wildman–Crippen LogP) is 2.61. The van der Waals surface area contributed by atoms with Crippen molar-refractivity contribution in [3.05, 3.63) is 0 Å². The van der Waals surface area contributed by atoms with Crippen LogP contribution in [0.5, 0.6) is 0 Å². The van der Waals surface area contributed by atoms with E-state index in [9.17, 15) is 5.11 Å². The Bertz CT molecular complexity index is 236.